The number of nitrogens with one attached hydrogen (secondary N) is 1. The molecule has 1 N–H and O–H groups in total. The molecule has 0 unspecified atom stereocenters. The molecule has 0 saturated carbocycles. The molecule has 0 bridgehead atoms. The van der Waals surface area contributed by atoms with Crippen molar-refractivity contribution in [1.29, 1.82) is 0 Å². The van der Waals surface area contributed by atoms with Crippen LogP contribution in [0, 0.1) is 0 Å². The Hall–Kier alpha value is -2.18. The van der Waals surface area contributed by atoms with E-state index >= 15 is 0 Å². The number of Topliss-reactive ketones (excluding diaryl/α,β-unsaturated/α-hetero) is 1. The van der Waals surface area contributed by atoms with Crippen LogP contribution in [0.2, 0.25) is 0 Å². The molecule has 1 aromatic carbocycles. The van der Waals surface area contributed by atoms with Gasteiger partial charge in [0.1, 0.15) is 11.9 Å². The molecule has 2 atom stereocenters. The minimum absolute atomic E-state index is 0.00651. The maximum Gasteiger partial charge on any atom is 0.258 e. The average molecular weight is 361 g/mol. The normalized spacial score (nSPS) is 19.5. The first kappa shape index (κ1) is 20.1. The number of carbonyl (C=O) groups excluding carboxylic acids is 2. The SMILES string of the molecule is CC(=O)c1ccc(OCC(=O)N[C@@H]2CCOC[C@H]2OCC=C(C)C)cc1. The van der Waals surface area contributed by atoms with Gasteiger partial charge in [0.2, 0.25) is 0 Å². The molecule has 1 aliphatic heterocycles. The molecular weight excluding hydrogens is 334 g/mol. The van der Waals surface area contributed by atoms with Gasteiger partial charge >= 0.3 is 0 Å². The van der Waals surface area contributed by atoms with E-state index in [4.69, 9.17) is 14.2 Å². The number of allylic oxidation sites excluding steroid dienone is 1. The Morgan fingerprint density at radius 1 is 1.23 bits per heavy atom. The van der Waals surface area contributed by atoms with Crippen molar-refractivity contribution >= 4 is 11.7 Å². The van der Waals surface area contributed by atoms with Gasteiger partial charge in [-0.1, -0.05) is 11.6 Å². The second-order valence-electron chi connectivity index (χ2n) is 6.56. The lowest BCUT2D eigenvalue weighted by atomic mass is 10.1. The summed E-state index contributed by atoms with van der Waals surface area (Å²) in [5.41, 5.74) is 1.80. The van der Waals surface area contributed by atoms with Crippen molar-refractivity contribution in [2.45, 2.75) is 39.3 Å². The molecule has 0 aliphatic carbocycles. The smallest absolute Gasteiger partial charge is 0.258 e. The van der Waals surface area contributed by atoms with Crippen LogP contribution in [0.1, 0.15) is 37.6 Å². The molecule has 142 valence electrons. The van der Waals surface area contributed by atoms with Gasteiger partial charge in [0.15, 0.2) is 12.4 Å². The second-order valence-corrected chi connectivity index (χ2v) is 6.56. The van der Waals surface area contributed by atoms with Crippen molar-refractivity contribution in [2.75, 3.05) is 26.4 Å². The minimum Gasteiger partial charge on any atom is -0.484 e. The highest BCUT2D eigenvalue weighted by molar-refractivity contribution is 5.94. The number of hydrogen-bond acceptors (Lipinski definition) is 5. The van der Waals surface area contributed by atoms with E-state index in [1.54, 1.807) is 24.3 Å². The van der Waals surface area contributed by atoms with Crippen LogP contribution >= 0.6 is 0 Å². The van der Waals surface area contributed by atoms with Crippen molar-refractivity contribution < 1.29 is 23.8 Å². The summed E-state index contributed by atoms with van der Waals surface area (Å²) < 4.78 is 16.8. The maximum absolute atomic E-state index is 12.2. The zero-order valence-corrected chi connectivity index (χ0v) is 15.6. The Labute approximate surface area is 154 Å². The van der Waals surface area contributed by atoms with E-state index < -0.39 is 0 Å². The number of carbonyl (C=O) groups is 2. The number of ketones is 1. The number of rotatable bonds is 8. The van der Waals surface area contributed by atoms with E-state index in [9.17, 15) is 9.59 Å². The second kappa shape index (κ2) is 10.1. The Kier molecular flexibility index (Phi) is 7.81. The fourth-order valence-electron chi connectivity index (χ4n) is 2.56. The average Bonchev–Trinajstić information content (AvgIpc) is 2.61. The molecule has 6 heteroatoms. The van der Waals surface area contributed by atoms with E-state index in [2.05, 4.69) is 5.32 Å². The van der Waals surface area contributed by atoms with E-state index in [1.807, 2.05) is 19.9 Å². The van der Waals surface area contributed by atoms with Crippen LogP contribution in [-0.2, 0) is 14.3 Å². The molecule has 0 aromatic heterocycles. The van der Waals surface area contributed by atoms with Crippen LogP contribution in [0.5, 0.6) is 5.75 Å². The molecule has 0 spiro atoms. The number of ether oxygens (including phenoxy) is 3. The number of benzene rings is 1. The predicted octanol–water partition coefficient (Wildman–Crippen LogP) is 2.52. The lowest BCUT2D eigenvalue weighted by Crippen LogP contribution is -2.51. The zero-order valence-electron chi connectivity index (χ0n) is 15.6. The highest BCUT2D eigenvalue weighted by Crippen LogP contribution is 2.14. The van der Waals surface area contributed by atoms with E-state index in [-0.39, 0.29) is 30.4 Å². The van der Waals surface area contributed by atoms with Gasteiger partial charge < -0.3 is 19.5 Å². The molecule has 6 nitrogen and oxygen atoms in total. The molecule has 1 aromatic rings. The lowest BCUT2D eigenvalue weighted by Gasteiger charge is -2.31. The first-order valence-corrected chi connectivity index (χ1v) is 8.81. The number of amides is 1. The van der Waals surface area contributed by atoms with Crippen molar-refractivity contribution in [1.82, 2.24) is 5.32 Å². The molecule has 0 radical (unpaired) electrons. The summed E-state index contributed by atoms with van der Waals surface area (Å²) in [5, 5.41) is 2.96. The molecular formula is C20H27NO5. The Bertz CT molecular complexity index is 634. The summed E-state index contributed by atoms with van der Waals surface area (Å²) in [6.07, 6.45) is 2.54. The summed E-state index contributed by atoms with van der Waals surface area (Å²) in [6.45, 7) is 7.02. The van der Waals surface area contributed by atoms with E-state index in [1.165, 1.54) is 12.5 Å². The predicted molar refractivity (Wildman–Crippen MR) is 98.5 cm³/mol. The minimum atomic E-state index is -0.205. The van der Waals surface area contributed by atoms with Crippen LogP contribution in [0.25, 0.3) is 0 Å². The number of hydrogen-bond donors (Lipinski definition) is 1. The summed E-state index contributed by atoms with van der Waals surface area (Å²) >= 11 is 0. The van der Waals surface area contributed by atoms with Gasteiger partial charge in [-0.3, -0.25) is 9.59 Å². The summed E-state index contributed by atoms with van der Waals surface area (Å²) in [5.74, 6) is 0.338. The largest absolute Gasteiger partial charge is 0.484 e. The third-order valence-electron chi connectivity index (χ3n) is 4.08. The molecule has 1 aliphatic rings. The molecule has 1 fully saturated rings. The third-order valence-corrected chi connectivity index (χ3v) is 4.08. The summed E-state index contributed by atoms with van der Waals surface area (Å²) in [4.78, 5) is 23.4. The molecule has 1 saturated heterocycles. The molecule has 1 heterocycles. The summed E-state index contributed by atoms with van der Waals surface area (Å²) in [6, 6.07) is 6.64. The van der Waals surface area contributed by atoms with Crippen LogP contribution in [0.3, 0.4) is 0 Å². The van der Waals surface area contributed by atoms with Gasteiger partial charge in [-0.2, -0.15) is 0 Å². The van der Waals surface area contributed by atoms with Gasteiger partial charge in [0.25, 0.3) is 5.91 Å². The van der Waals surface area contributed by atoms with E-state index in [0.717, 1.165) is 0 Å². The fourth-order valence-corrected chi connectivity index (χ4v) is 2.56. The highest BCUT2D eigenvalue weighted by atomic mass is 16.5. The van der Waals surface area contributed by atoms with Crippen LogP contribution in [0.4, 0.5) is 0 Å². The Balaban J connectivity index is 1.80. The zero-order chi connectivity index (χ0) is 18.9. The lowest BCUT2D eigenvalue weighted by molar-refractivity contribution is -0.127. The van der Waals surface area contributed by atoms with Crippen LogP contribution < -0.4 is 10.1 Å². The van der Waals surface area contributed by atoms with Crippen molar-refractivity contribution in [3.63, 3.8) is 0 Å². The highest BCUT2D eigenvalue weighted by Gasteiger charge is 2.27. The van der Waals surface area contributed by atoms with Crippen LogP contribution in [-0.4, -0.2) is 50.3 Å². The fraction of sp³-hybridized carbons (Fsp3) is 0.500. The Morgan fingerprint density at radius 3 is 2.62 bits per heavy atom. The van der Waals surface area contributed by atoms with Crippen LogP contribution in [0.15, 0.2) is 35.9 Å². The molecule has 26 heavy (non-hydrogen) atoms. The first-order chi connectivity index (χ1) is 12.5. The standard InChI is InChI=1S/C20H27NO5/c1-14(2)8-11-25-19-12-24-10-9-18(19)21-20(23)13-26-17-6-4-16(5-7-17)15(3)22/h4-8,18-19H,9-13H2,1-3H3,(H,21,23)/t18-,19-/m1/s1. The Morgan fingerprint density at radius 2 is 1.96 bits per heavy atom. The van der Waals surface area contributed by atoms with Gasteiger partial charge in [-0.25, -0.2) is 0 Å². The first-order valence-electron chi connectivity index (χ1n) is 8.81. The van der Waals surface area contributed by atoms with E-state index in [0.29, 0.717) is 37.6 Å². The van der Waals surface area contributed by atoms with Gasteiger partial charge in [-0.15, -0.1) is 0 Å². The molecule has 1 amide bonds. The maximum atomic E-state index is 12.2. The van der Waals surface area contributed by atoms with Crippen molar-refractivity contribution in [3.05, 3.63) is 41.5 Å². The van der Waals surface area contributed by atoms with Gasteiger partial charge in [0, 0.05) is 12.2 Å². The summed E-state index contributed by atoms with van der Waals surface area (Å²) in [7, 11) is 0. The van der Waals surface area contributed by atoms with Gasteiger partial charge in [-0.05, 0) is 51.5 Å². The topological polar surface area (TPSA) is 73.9 Å². The monoisotopic (exact) mass is 361 g/mol. The van der Waals surface area contributed by atoms with Crippen molar-refractivity contribution in [2.24, 2.45) is 0 Å². The third kappa shape index (κ3) is 6.61. The molecule has 2 rings (SSSR count). The van der Waals surface area contributed by atoms with Crippen molar-refractivity contribution in [3.8, 4) is 5.75 Å². The van der Waals surface area contributed by atoms with Gasteiger partial charge in [0.05, 0.1) is 19.3 Å². The quantitative estimate of drug-likeness (QED) is 0.569.